The van der Waals surface area contributed by atoms with Gasteiger partial charge in [-0.25, -0.2) is 0 Å². The van der Waals surface area contributed by atoms with Crippen LogP contribution in [0.1, 0.15) is 63.6 Å². The maximum atomic E-state index is 10.0. The van der Waals surface area contributed by atoms with E-state index < -0.39 is 0 Å². The topological polar surface area (TPSA) is 28.7 Å². The molecule has 0 amide bonds. The summed E-state index contributed by atoms with van der Waals surface area (Å²) in [6.07, 6.45) is 6.35. The van der Waals surface area contributed by atoms with Crippen LogP contribution in [0.4, 0.5) is 0 Å². The average molecular weight is 342 g/mol. The van der Waals surface area contributed by atoms with Crippen molar-refractivity contribution < 1.29 is 0 Å². The lowest BCUT2D eigenvalue weighted by atomic mass is 9.97. The standard InChI is InChI=1S/C24H26N2/c1-16(2)19(5)24-22(15-25)21-14-18(4)13-17(3)11-12-23(21)26(24)20-9-7-6-8-10-20/h6-10,13-14H,11-12H2,1-5H3. The number of fused-ring (bicyclic) bond motifs is 1. The molecule has 0 unspecified atom stereocenters. The molecule has 0 aliphatic heterocycles. The summed E-state index contributed by atoms with van der Waals surface area (Å²) in [5.41, 5.74) is 10.2. The second-order valence-electron chi connectivity index (χ2n) is 7.37. The summed E-state index contributed by atoms with van der Waals surface area (Å²) in [5.74, 6) is 0. The fraction of sp³-hybridized carbons (Fsp3) is 0.292. The first-order valence-electron chi connectivity index (χ1n) is 9.17. The summed E-state index contributed by atoms with van der Waals surface area (Å²) in [5, 5.41) is 10.0. The second-order valence-corrected chi connectivity index (χ2v) is 7.37. The van der Waals surface area contributed by atoms with Crippen LogP contribution in [0, 0.1) is 11.3 Å². The van der Waals surface area contributed by atoms with Crippen molar-refractivity contribution in [2.75, 3.05) is 0 Å². The largest absolute Gasteiger partial charge is 0.312 e. The van der Waals surface area contributed by atoms with Crippen LogP contribution in [0.2, 0.25) is 0 Å². The van der Waals surface area contributed by atoms with Crippen molar-refractivity contribution in [3.8, 4) is 11.8 Å². The van der Waals surface area contributed by atoms with Crippen molar-refractivity contribution in [2.45, 2.75) is 47.5 Å². The first kappa shape index (κ1) is 18.0. The maximum absolute atomic E-state index is 10.0. The molecule has 0 spiro atoms. The van der Waals surface area contributed by atoms with E-state index >= 15 is 0 Å². The van der Waals surface area contributed by atoms with E-state index in [-0.39, 0.29) is 0 Å². The van der Waals surface area contributed by atoms with E-state index in [9.17, 15) is 5.26 Å². The molecule has 2 aromatic rings. The fourth-order valence-electron chi connectivity index (χ4n) is 3.65. The number of nitriles is 1. The van der Waals surface area contributed by atoms with E-state index in [0.29, 0.717) is 0 Å². The van der Waals surface area contributed by atoms with Crippen molar-refractivity contribution >= 4 is 11.6 Å². The predicted molar refractivity (Wildman–Crippen MR) is 110 cm³/mol. The van der Waals surface area contributed by atoms with Gasteiger partial charge in [0, 0.05) is 16.9 Å². The molecular formula is C24H26N2. The van der Waals surface area contributed by atoms with E-state index in [1.54, 1.807) is 0 Å². The zero-order valence-corrected chi connectivity index (χ0v) is 16.4. The summed E-state index contributed by atoms with van der Waals surface area (Å²) in [4.78, 5) is 0. The van der Waals surface area contributed by atoms with Crippen molar-refractivity contribution in [1.29, 1.82) is 5.26 Å². The molecule has 132 valence electrons. The molecular weight excluding hydrogens is 316 g/mol. The van der Waals surface area contributed by atoms with Crippen molar-refractivity contribution in [1.82, 2.24) is 4.57 Å². The van der Waals surface area contributed by atoms with Gasteiger partial charge in [-0.05, 0) is 71.2 Å². The molecule has 0 saturated heterocycles. The first-order valence-corrected chi connectivity index (χ1v) is 9.17. The van der Waals surface area contributed by atoms with Crippen molar-refractivity contribution in [3.63, 3.8) is 0 Å². The summed E-state index contributed by atoms with van der Waals surface area (Å²) >= 11 is 0. The highest BCUT2D eigenvalue weighted by molar-refractivity contribution is 5.79. The molecule has 3 rings (SSSR count). The highest BCUT2D eigenvalue weighted by Gasteiger charge is 2.24. The summed E-state index contributed by atoms with van der Waals surface area (Å²) in [7, 11) is 0. The molecule has 1 aromatic carbocycles. The molecule has 1 aromatic heterocycles. The van der Waals surface area contributed by atoms with Gasteiger partial charge in [0.2, 0.25) is 0 Å². The third-order valence-corrected chi connectivity index (χ3v) is 5.14. The highest BCUT2D eigenvalue weighted by atomic mass is 15.0. The molecule has 1 aliphatic carbocycles. The minimum atomic E-state index is 0.787. The van der Waals surface area contributed by atoms with Crippen LogP contribution in [0.15, 0.2) is 53.1 Å². The van der Waals surface area contributed by atoms with E-state index in [1.807, 2.05) is 6.07 Å². The number of benzene rings is 1. The van der Waals surface area contributed by atoms with Crippen LogP contribution in [0.3, 0.4) is 0 Å². The Balaban J connectivity index is 2.44. The zero-order chi connectivity index (χ0) is 18.8. The quantitative estimate of drug-likeness (QED) is 0.616. The first-order chi connectivity index (χ1) is 12.4. The van der Waals surface area contributed by atoms with Crippen LogP contribution in [-0.4, -0.2) is 4.57 Å². The molecule has 1 heterocycles. The van der Waals surface area contributed by atoms with Crippen LogP contribution < -0.4 is 0 Å². The number of aromatic nitrogens is 1. The van der Waals surface area contributed by atoms with Gasteiger partial charge in [-0.1, -0.05) is 41.0 Å². The number of nitrogens with zero attached hydrogens (tertiary/aromatic N) is 2. The Morgan fingerprint density at radius 1 is 1.00 bits per heavy atom. The molecule has 0 atom stereocenters. The molecule has 2 nitrogen and oxygen atoms in total. The Bertz CT molecular complexity index is 969. The molecule has 0 bridgehead atoms. The Hall–Kier alpha value is -2.79. The Morgan fingerprint density at radius 2 is 1.69 bits per heavy atom. The highest BCUT2D eigenvalue weighted by Crippen LogP contribution is 2.36. The van der Waals surface area contributed by atoms with Gasteiger partial charge in [-0.3, -0.25) is 0 Å². The number of para-hydroxylation sites is 1. The molecule has 26 heavy (non-hydrogen) atoms. The van der Waals surface area contributed by atoms with Crippen LogP contribution in [-0.2, 0) is 6.42 Å². The lowest BCUT2D eigenvalue weighted by molar-refractivity contribution is 0.845. The average Bonchev–Trinajstić information content (AvgIpc) is 2.91. The summed E-state index contributed by atoms with van der Waals surface area (Å²) in [6, 6.07) is 12.9. The number of hydrogen-bond acceptors (Lipinski definition) is 1. The lowest BCUT2D eigenvalue weighted by Gasteiger charge is -2.16. The van der Waals surface area contributed by atoms with Crippen LogP contribution in [0.5, 0.6) is 0 Å². The van der Waals surface area contributed by atoms with Gasteiger partial charge in [-0.2, -0.15) is 5.26 Å². The Kier molecular flexibility index (Phi) is 5.00. The van der Waals surface area contributed by atoms with Gasteiger partial charge < -0.3 is 4.57 Å². The normalized spacial score (nSPS) is 13.7. The Morgan fingerprint density at radius 3 is 2.31 bits per heavy atom. The monoisotopic (exact) mass is 342 g/mol. The maximum Gasteiger partial charge on any atom is 0.102 e. The molecule has 0 fully saturated rings. The Labute approximate surface area is 156 Å². The third-order valence-electron chi connectivity index (χ3n) is 5.14. The summed E-state index contributed by atoms with van der Waals surface area (Å²) < 4.78 is 2.30. The number of allylic oxidation sites excluding steroid dienone is 5. The molecule has 2 heteroatoms. The lowest BCUT2D eigenvalue weighted by Crippen LogP contribution is -2.06. The van der Waals surface area contributed by atoms with Crippen molar-refractivity contribution in [3.05, 3.63) is 75.6 Å². The van der Waals surface area contributed by atoms with E-state index in [2.05, 4.69) is 81.7 Å². The predicted octanol–water partition coefficient (Wildman–Crippen LogP) is 6.46. The smallest absolute Gasteiger partial charge is 0.102 e. The van der Waals surface area contributed by atoms with E-state index in [1.165, 1.54) is 28.0 Å². The number of rotatable bonds is 2. The third kappa shape index (κ3) is 3.18. The van der Waals surface area contributed by atoms with Gasteiger partial charge in [0.05, 0.1) is 11.3 Å². The fourth-order valence-corrected chi connectivity index (χ4v) is 3.65. The minimum Gasteiger partial charge on any atom is -0.312 e. The van der Waals surface area contributed by atoms with Gasteiger partial charge in [0.15, 0.2) is 0 Å². The van der Waals surface area contributed by atoms with Crippen molar-refractivity contribution in [2.24, 2.45) is 0 Å². The van der Waals surface area contributed by atoms with Gasteiger partial charge >= 0.3 is 0 Å². The van der Waals surface area contributed by atoms with E-state index in [4.69, 9.17) is 0 Å². The SMILES string of the molecule is CC1=Cc2c(C#N)c(C(C)=C(C)C)n(-c3ccccc3)c2CCC(C)=C1. The van der Waals surface area contributed by atoms with Crippen LogP contribution in [0.25, 0.3) is 17.3 Å². The molecule has 0 N–H and O–H groups in total. The second kappa shape index (κ2) is 7.22. The minimum absolute atomic E-state index is 0.787. The van der Waals surface area contributed by atoms with Gasteiger partial charge in [-0.15, -0.1) is 0 Å². The van der Waals surface area contributed by atoms with Gasteiger partial charge in [0.1, 0.15) is 6.07 Å². The van der Waals surface area contributed by atoms with Gasteiger partial charge in [0.25, 0.3) is 0 Å². The number of hydrogen-bond donors (Lipinski definition) is 0. The molecule has 1 aliphatic rings. The summed E-state index contributed by atoms with van der Waals surface area (Å²) in [6.45, 7) is 10.7. The molecule has 0 saturated carbocycles. The zero-order valence-electron chi connectivity index (χ0n) is 16.4. The van der Waals surface area contributed by atoms with E-state index in [0.717, 1.165) is 35.3 Å². The van der Waals surface area contributed by atoms with Crippen LogP contribution >= 0.6 is 0 Å². The molecule has 0 radical (unpaired) electrons.